The number of methoxy groups -OCH3 is 2. The van der Waals surface area contributed by atoms with Gasteiger partial charge in [-0.2, -0.15) is 13.2 Å². The van der Waals surface area contributed by atoms with Crippen LogP contribution in [0.15, 0.2) is 42.5 Å². The monoisotopic (exact) mass is 383 g/mol. The largest absolute Gasteiger partial charge is 0.493 e. The molecule has 6 nitrogen and oxygen atoms in total. The van der Waals surface area contributed by atoms with E-state index in [4.69, 9.17) is 9.47 Å². The van der Waals surface area contributed by atoms with E-state index in [0.29, 0.717) is 0 Å². The minimum atomic E-state index is -4.45. The molecule has 1 amide bonds. The minimum Gasteiger partial charge on any atom is -0.493 e. The van der Waals surface area contributed by atoms with Crippen LogP contribution in [0, 0.1) is 0 Å². The smallest absolute Gasteiger partial charge is 0.416 e. The summed E-state index contributed by atoms with van der Waals surface area (Å²) in [5.41, 5.74) is -0.368. The first-order valence-electron chi connectivity index (χ1n) is 7.61. The number of alkyl halides is 3. The molecule has 9 heteroatoms. The number of rotatable bonds is 6. The van der Waals surface area contributed by atoms with Gasteiger partial charge in [0, 0.05) is 5.69 Å². The summed E-state index contributed by atoms with van der Waals surface area (Å²) in [5, 5.41) is 2.42. The molecule has 2 aromatic carbocycles. The van der Waals surface area contributed by atoms with Gasteiger partial charge in [-0.3, -0.25) is 4.79 Å². The number of carbonyl (C=O) groups is 2. The van der Waals surface area contributed by atoms with Crippen LogP contribution in [-0.2, 0) is 15.7 Å². The maximum absolute atomic E-state index is 12.5. The topological polar surface area (TPSA) is 73.9 Å². The normalized spacial score (nSPS) is 10.9. The lowest BCUT2D eigenvalue weighted by Gasteiger charge is -2.12. The number of benzene rings is 2. The van der Waals surface area contributed by atoms with E-state index in [1.165, 1.54) is 32.4 Å². The number of amides is 1. The maximum atomic E-state index is 12.5. The fraction of sp³-hybridized carbons (Fsp3) is 0.222. The molecule has 1 N–H and O–H groups in total. The molecular weight excluding hydrogens is 367 g/mol. The Kier molecular flexibility index (Phi) is 6.27. The second-order valence-electron chi connectivity index (χ2n) is 5.27. The summed E-state index contributed by atoms with van der Waals surface area (Å²) in [7, 11) is 2.61. The van der Waals surface area contributed by atoms with Gasteiger partial charge in [-0.15, -0.1) is 0 Å². The van der Waals surface area contributed by atoms with Gasteiger partial charge in [-0.25, -0.2) is 4.79 Å². The van der Waals surface area contributed by atoms with Crippen LogP contribution in [0.3, 0.4) is 0 Å². The number of nitrogens with one attached hydrogen (secondary N) is 1. The minimum absolute atomic E-state index is 0.199. The third kappa shape index (κ3) is 5.37. The van der Waals surface area contributed by atoms with Crippen molar-refractivity contribution in [3.05, 3.63) is 53.6 Å². The molecule has 2 rings (SSSR count). The van der Waals surface area contributed by atoms with Gasteiger partial charge in [0.25, 0.3) is 5.91 Å². The highest BCUT2D eigenvalue weighted by Gasteiger charge is 2.30. The van der Waals surface area contributed by atoms with Gasteiger partial charge in [0.2, 0.25) is 0 Å². The first-order valence-corrected chi connectivity index (χ1v) is 7.61. The average molecular weight is 383 g/mol. The Morgan fingerprint density at radius 1 is 1.00 bits per heavy atom. The predicted molar refractivity (Wildman–Crippen MR) is 89.9 cm³/mol. The number of anilines is 1. The van der Waals surface area contributed by atoms with Crippen LogP contribution in [0.1, 0.15) is 15.9 Å². The van der Waals surface area contributed by atoms with E-state index < -0.39 is 30.2 Å². The Bertz CT molecular complexity index is 819. The first kappa shape index (κ1) is 20.1. The van der Waals surface area contributed by atoms with Gasteiger partial charge >= 0.3 is 12.1 Å². The van der Waals surface area contributed by atoms with Crippen molar-refractivity contribution in [1.29, 1.82) is 0 Å². The first-order chi connectivity index (χ1) is 12.7. The molecule has 0 unspecified atom stereocenters. The molecule has 27 heavy (non-hydrogen) atoms. The summed E-state index contributed by atoms with van der Waals surface area (Å²) in [6.07, 6.45) is -4.45. The van der Waals surface area contributed by atoms with Gasteiger partial charge < -0.3 is 19.5 Å². The van der Waals surface area contributed by atoms with Crippen molar-refractivity contribution in [2.45, 2.75) is 6.18 Å². The zero-order chi connectivity index (χ0) is 20.0. The number of hydrogen-bond donors (Lipinski definition) is 1. The molecule has 0 aliphatic heterocycles. The number of hydrogen-bond acceptors (Lipinski definition) is 5. The number of esters is 1. The molecule has 144 valence electrons. The Morgan fingerprint density at radius 2 is 1.67 bits per heavy atom. The average Bonchev–Trinajstić information content (AvgIpc) is 2.65. The van der Waals surface area contributed by atoms with Crippen LogP contribution < -0.4 is 14.8 Å². The van der Waals surface area contributed by atoms with Crippen LogP contribution in [0.4, 0.5) is 18.9 Å². The molecular formula is C18H16F3NO5. The van der Waals surface area contributed by atoms with Crippen LogP contribution in [0.5, 0.6) is 11.5 Å². The molecule has 0 spiro atoms. The lowest BCUT2D eigenvalue weighted by molar-refractivity contribution is -0.137. The van der Waals surface area contributed by atoms with Crippen molar-refractivity contribution in [3.63, 3.8) is 0 Å². The Hall–Kier alpha value is -3.23. The molecule has 0 aliphatic rings. The molecule has 2 aromatic rings. The molecule has 0 radical (unpaired) electrons. The number of ether oxygens (including phenoxy) is 3. The summed E-state index contributed by atoms with van der Waals surface area (Å²) in [6, 6.07) is 8.30. The standard InChI is InChI=1S/C18H16F3NO5/c1-25-15-9-11(17(24)26-2)3-8-14(15)27-10-16(23)22-13-6-4-12(5-7-13)18(19,20)21/h3-9H,10H2,1-2H3,(H,22,23). The van der Waals surface area contributed by atoms with Crippen molar-refractivity contribution >= 4 is 17.6 Å². The van der Waals surface area contributed by atoms with Gasteiger partial charge in [0.05, 0.1) is 25.3 Å². The van der Waals surface area contributed by atoms with Crippen LogP contribution >= 0.6 is 0 Å². The molecule has 0 saturated carbocycles. The molecule has 0 aromatic heterocycles. The van der Waals surface area contributed by atoms with Crippen molar-refractivity contribution in [1.82, 2.24) is 0 Å². The van der Waals surface area contributed by atoms with E-state index in [1.54, 1.807) is 0 Å². The number of carbonyl (C=O) groups excluding carboxylic acids is 2. The van der Waals surface area contributed by atoms with Crippen molar-refractivity contribution in [2.24, 2.45) is 0 Å². The zero-order valence-electron chi connectivity index (χ0n) is 14.4. The fourth-order valence-electron chi connectivity index (χ4n) is 2.11. The molecule has 0 atom stereocenters. The second kappa shape index (κ2) is 8.43. The van der Waals surface area contributed by atoms with Crippen molar-refractivity contribution in [2.75, 3.05) is 26.1 Å². The van der Waals surface area contributed by atoms with Crippen molar-refractivity contribution < 1.29 is 37.0 Å². The predicted octanol–water partition coefficient (Wildman–Crippen LogP) is 3.52. The Balaban J connectivity index is 1.98. The quantitative estimate of drug-likeness (QED) is 0.773. The van der Waals surface area contributed by atoms with Crippen LogP contribution in [0.25, 0.3) is 0 Å². The summed E-state index contributed by atoms with van der Waals surface area (Å²) in [6.45, 7) is -0.408. The van der Waals surface area contributed by atoms with Crippen LogP contribution in [0.2, 0.25) is 0 Å². The van der Waals surface area contributed by atoms with E-state index in [9.17, 15) is 22.8 Å². The molecule has 0 fully saturated rings. The molecule has 0 heterocycles. The maximum Gasteiger partial charge on any atom is 0.416 e. The van der Waals surface area contributed by atoms with Crippen LogP contribution in [-0.4, -0.2) is 32.7 Å². The van der Waals surface area contributed by atoms with E-state index in [1.807, 2.05) is 0 Å². The summed E-state index contributed by atoms with van der Waals surface area (Å²) in [4.78, 5) is 23.4. The second-order valence-corrected chi connectivity index (χ2v) is 5.27. The fourth-order valence-corrected chi connectivity index (χ4v) is 2.11. The third-order valence-corrected chi connectivity index (χ3v) is 3.44. The van der Waals surface area contributed by atoms with Gasteiger partial charge in [0.1, 0.15) is 0 Å². The van der Waals surface area contributed by atoms with Gasteiger partial charge in [0.15, 0.2) is 18.1 Å². The lowest BCUT2D eigenvalue weighted by atomic mass is 10.2. The van der Waals surface area contributed by atoms with Crippen molar-refractivity contribution in [3.8, 4) is 11.5 Å². The zero-order valence-corrected chi connectivity index (χ0v) is 14.4. The summed E-state index contributed by atoms with van der Waals surface area (Å²) >= 11 is 0. The Morgan fingerprint density at radius 3 is 2.22 bits per heavy atom. The molecule has 0 aliphatic carbocycles. The summed E-state index contributed by atoms with van der Waals surface area (Å²) in [5.74, 6) is -0.693. The van der Waals surface area contributed by atoms with E-state index in [2.05, 4.69) is 10.1 Å². The Labute approximate surface area is 152 Å². The molecule has 0 saturated heterocycles. The lowest BCUT2D eigenvalue weighted by Crippen LogP contribution is -2.20. The summed E-state index contributed by atoms with van der Waals surface area (Å²) < 4.78 is 52.6. The van der Waals surface area contributed by atoms with Gasteiger partial charge in [-0.05, 0) is 42.5 Å². The SMILES string of the molecule is COC(=O)c1ccc(OCC(=O)Nc2ccc(C(F)(F)F)cc2)c(OC)c1. The highest BCUT2D eigenvalue weighted by atomic mass is 19.4. The van der Waals surface area contributed by atoms with E-state index in [-0.39, 0.29) is 22.7 Å². The van der Waals surface area contributed by atoms with E-state index in [0.717, 1.165) is 24.3 Å². The third-order valence-electron chi connectivity index (χ3n) is 3.44. The van der Waals surface area contributed by atoms with Gasteiger partial charge in [-0.1, -0.05) is 0 Å². The molecule has 0 bridgehead atoms. The number of halogens is 3. The highest BCUT2D eigenvalue weighted by Crippen LogP contribution is 2.30. The highest BCUT2D eigenvalue weighted by molar-refractivity contribution is 5.92. The van der Waals surface area contributed by atoms with E-state index >= 15 is 0 Å².